The molecule has 3 rings (SSSR count). The molecule has 2 N–H and O–H groups in total. The fraction of sp³-hybridized carbons (Fsp3) is 0.524. The van der Waals surface area contributed by atoms with Gasteiger partial charge in [0.15, 0.2) is 0 Å². The van der Waals surface area contributed by atoms with Crippen molar-refractivity contribution in [3.05, 3.63) is 42.7 Å². The molecule has 0 amide bonds. The summed E-state index contributed by atoms with van der Waals surface area (Å²) in [7, 11) is -3.27. The highest BCUT2D eigenvalue weighted by atomic mass is 32.2. The van der Waals surface area contributed by atoms with Crippen LogP contribution >= 0.6 is 0 Å². The van der Waals surface area contributed by atoms with Crippen molar-refractivity contribution in [2.45, 2.75) is 57.2 Å². The number of hydrogen-bond acceptors (Lipinski definition) is 4. The number of anilines is 1. The van der Waals surface area contributed by atoms with Gasteiger partial charge in [0.2, 0.25) is 10.0 Å². The van der Waals surface area contributed by atoms with Crippen LogP contribution in [0.1, 0.15) is 46.5 Å². The van der Waals surface area contributed by atoms with Crippen molar-refractivity contribution in [3.63, 3.8) is 0 Å². The largest absolute Gasteiger partial charge is 0.464 e. The minimum Gasteiger partial charge on any atom is -0.464 e. The van der Waals surface area contributed by atoms with E-state index in [1.165, 1.54) is 0 Å². The van der Waals surface area contributed by atoms with E-state index in [0.29, 0.717) is 5.92 Å². The number of nitrogens with one attached hydrogen (secondary N) is 2. The van der Waals surface area contributed by atoms with E-state index in [1.54, 1.807) is 27.0 Å². The first kappa shape index (κ1) is 20.0. The summed E-state index contributed by atoms with van der Waals surface area (Å²) in [6.45, 7) is 6.12. The van der Waals surface area contributed by atoms with Gasteiger partial charge in [-0.1, -0.05) is 12.1 Å². The van der Waals surface area contributed by atoms with Crippen LogP contribution in [-0.2, 0) is 10.0 Å². The first-order valence-electron chi connectivity index (χ1n) is 9.64. The van der Waals surface area contributed by atoms with Crippen molar-refractivity contribution in [3.8, 4) is 11.3 Å². The summed E-state index contributed by atoms with van der Waals surface area (Å²) in [5.74, 6) is 1.43. The lowest BCUT2D eigenvalue weighted by Crippen LogP contribution is -2.46. The predicted octanol–water partition coefficient (Wildman–Crippen LogP) is 4.64. The van der Waals surface area contributed by atoms with Gasteiger partial charge in [-0.05, 0) is 76.6 Å². The first-order valence-corrected chi connectivity index (χ1v) is 11.1. The third-order valence-electron chi connectivity index (χ3n) is 5.24. The van der Waals surface area contributed by atoms with Crippen molar-refractivity contribution in [2.24, 2.45) is 5.92 Å². The van der Waals surface area contributed by atoms with Gasteiger partial charge in [0.25, 0.3) is 0 Å². The van der Waals surface area contributed by atoms with E-state index in [0.717, 1.165) is 49.2 Å². The first-order chi connectivity index (χ1) is 12.7. The van der Waals surface area contributed by atoms with Crippen molar-refractivity contribution >= 4 is 15.7 Å². The van der Waals surface area contributed by atoms with Crippen LogP contribution in [0.5, 0.6) is 0 Å². The Bertz CT molecular complexity index is 831. The third-order valence-corrected chi connectivity index (χ3v) is 7.49. The van der Waals surface area contributed by atoms with Crippen molar-refractivity contribution in [1.29, 1.82) is 0 Å². The lowest BCUT2D eigenvalue weighted by Gasteiger charge is -2.31. The number of hydrogen-bond donors (Lipinski definition) is 2. The second-order valence-electron chi connectivity index (χ2n) is 8.39. The maximum Gasteiger partial charge on any atom is 0.216 e. The summed E-state index contributed by atoms with van der Waals surface area (Å²) in [5.41, 5.74) is 2.14. The zero-order chi connectivity index (χ0) is 19.5. The Labute approximate surface area is 162 Å². The molecule has 0 bridgehead atoms. The molecule has 1 heterocycles. The van der Waals surface area contributed by atoms with E-state index in [4.69, 9.17) is 4.42 Å². The smallest absolute Gasteiger partial charge is 0.216 e. The Morgan fingerprint density at radius 1 is 1.07 bits per heavy atom. The summed E-state index contributed by atoms with van der Waals surface area (Å²) >= 11 is 0. The molecule has 0 saturated heterocycles. The molecule has 1 aromatic heterocycles. The van der Waals surface area contributed by atoms with Crippen LogP contribution in [0.2, 0.25) is 0 Å². The molecule has 0 aliphatic heterocycles. The quantitative estimate of drug-likeness (QED) is 0.754. The Hall–Kier alpha value is -1.79. The molecule has 1 fully saturated rings. The van der Waals surface area contributed by atoms with Crippen LogP contribution in [0.25, 0.3) is 11.3 Å². The monoisotopic (exact) mass is 390 g/mol. The van der Waals surface area contributed by atoms with Gasteiger partial charge < -0.3 is 9.73 Å². The molecule has 27 heavy (non-hydrogen) atoms. The fourth-order valence-electron chi connectivity index (χ4n) is 3.37. The number of sulfonamides is 1. The minimum absolute atomic E-state index is 0.0627. The van der Waals surface area contributed by atoms with E-state index < -0.39 is 14.8 Å². The minimum atomic E-state index is -3.27. The van der Waals surface area contributed by atoms with Gasteiger partial charge in [-0.3, -0.25) is 0 Å². The molecule has 0 atom stereocenters. The van der Waals surface area contributed by atoms with E-state index in [-0.39, 0.29) is 6.04 Å². The zero-order valence-corrected chi connectivity index (χ0v) is 17.2. The molecule has 1 aliphatic rings. The Morgan fingerprint density at radius 3 is 2.44 bits per heavy atom. The van der Waals surface area contributed by atoms with Gasteiger partial charge in [-0.2, -0.15) is 0 Å². The predicted molar refractivity (Wildman–Crippen MR) is 110 cm³/mol. The maximum atomic E-state index is 12.3. The van der Waals surface area contributed by atoms with Gasteiger partial charge in [0.1, 0.15) is 5.76 Å². The summed E-state index contributed by atoms with van der Waals surface area (Å²) < 4.78 is 32.2. The molecule has 5 nitrogen and oxygen atoms in total. The van der Waals surface area contributed by atoms with Crippen LogP contribution in [0, 0.1) is 5.92 Å². The average molecular weight is 391 g/mol. The van der Waals surface area contributed by atoms with E-state index in [2.05, 4.69) is 22.2 Å². The highest BCUT2D eigenvalue weighted by Crippen LogP contribution is 2.28. The SMILES string of the molecule is CC(C)(C)S(=O)(=O)N[C@H]1CC[C@H](CNc2cccc(-c3ccco3)c2)CC1. The number of furan rings is 1. The standard InChI is InChI=1S/C21H30N2O3S/c1-21(2,3)27(24,25)23-18-11-9-16(10-12-18)15-22-19-7-4-6-17(14-19)20-8-5-13-26-20/h4-8,13-14,16,18,22-23H,9-12,15H2,1-3H3/t16-,18-. The highest BCUT2D eigenvalue weighted by Gasteiger charge is 2.32. The summed E-state index contributed by atoms with van der Waals surface area (Å²) in [6, 6.07) is 12.1. The molecular formula is C21H30N2O3S. The van der Waals surface area contributed by atoms with E-state index in [9.17, 15) is 8.42 Å². The van der Waals surface area contributed by atoms with Crippen molar-refractivity contribution in [1.82, 2.24) is 4.72 Å². The molecule has 1 aliphatic carbocycles. The van der Waals surface area contributed by atoms with Crippen molar-refractivity contribution in [2.75, 3.05) is 11.9 Å². The van der Waals surface area contributed by atoms with Gasteiger partial charge >= 0.3 is 0 Å². The molecule has 2 aromatic rings. The molecule has 1 saturated carbocycles. The van der Waals surface area contributed by atoms with Crippen molar-refractivity contribution < 1.29 is 12.8 Å². The van der Waals surface area contributed by atoms with E-state index >= 15 is 0 Å². The molecule has 148 valence electrons. The fourth-order valence-corrected chi connectivity index (χ4v) is 4.40. The number of rotatable bonds is 6. The highest BCUT2D eigenvalue weighted by molar-refractivity contribution is 7.90. The molecule has 0 spiro atoms. The summed E-state index contributed by atoms with van der Waals surface area (Å²) in [5, 5.41) is 3.52. The van der Waals surface area contributed by atoms with Crippen LogP contribution in [-0.4, -0.2) is 25.8 Å². The lowest BCUT2D eigenvalue weighted by molar-refractivity contribution is 0.322. The van der Waals surface area contributed by atoms with Gasteiger partial charge in [-0.25, -0.2) is 13.1 Å². The average Bonchev–Trinajstić information content (AvgIpc) is 3.15. The normalized spacial score (nSPS) is 21.1. The van der Waals surface area contributed by atoms with Gasteiger partial charge in [0.05, 0.1) is 11.0 Å². The molecule has 6 heteroatoms. The van der Waals surface area contributed by atoms with E-state index in [1.807, 2.05) is 24.3 Å². The zero-order valence-electron chi connectivity index (χ0n) is 16.4. The summed E-state index contributed by atoms with van der Waals surface area (Å²) in [6.07, 6.45) is 5.54. The van der Waals surface area contributed by atoms with Crippen LogP contribution in [0.3, 0.4) is 0 Å². The summed E-state index contributed by atoms with van der Waals surface area (Å²) in [4.78, 5) is 0. The molecular weight excluding hydrogens is 360 g/mol. The Morgan fingerprint density at radius 2 is 1.81 bits per heavy atom. The van der Waals surface area contributed by atoms with Crippen LogP contribution in [0.4, 0.5) is 5.69 Å². The number of benzene rings is 1. The van der Waals surface area contributed by atoms with Gasteiger partial charge in [0, 0.05) is 23.8 Å². The van der Waals surface area contributed by atoms with Crippen LogP contribution < -0.4 is 10.0 Å². The second-order valence-corrected chi connectivity index (χ2v) is 10.9. The third kappa shape index (κ3) is 5.14. The Kier molecular flexibility index (Phi) is 5.96. The molecule has 0 unspecified atom stereocenters. The molecule has 0 radical (unpaired) electrons. The molecule has 1 aromatic carbocycles. The topological polar surface area (TPSA) is 71.3 Å². The Balaban J connectivity index is 1.48. The van der Waals surface area contributed by atoms with Gasteiger partial charge in [-0.15, -0.1) is 0 Å². The lowest BCUT2D eigenvalue weighted by atomic mass is 9.86. The van der Waals surface area contributed by atoms with Crippen LogP contribution in [0.15, 0.2) is 47.1 Å². The maximum absolute atomic E-state index is 12.3. The second kappa shape index (κ2) is 8.07.